The summed E-state index contributed by atoms with van der Waals surface area (Å²) in [7, 11) is 0. The number of likely N-dealkylation sites (tertiary alicyclic amines) is 1. The molecule has 0 radical (unpaired) electrons. The van der Waals surface area contributed by atoms with Crippen molar-refractivity contribution < 1.29 is 14.7 Å². The number of β-amino-alcohol motifs (C(OH)–C–C–N with tert-alkyl or cyclic N) is 1. The average Bonchev–Trinajstić information content (AvgIpc) is 2.62. The zero-order valence-electron chi connectivity index (χ0n) is 14.0. The fourth-order valence-electron chi connectivity index (χ4n) is 3.01. The van der Waals surface area contributed by atoms with Crippen molar-refractivity contribution >= 4 is 34.4 Å². The van der Waals surface area contributed by atoms with E-state index >= 15 is 0 Å². The molecule has 1 saturated heterocycles. The van der Waals surface area contributed by atoms with Gasteiger partial charge in [-0.1, -0.05) is 34.8 Å². The van der Waals surface area contributed by atoms with Crippen molar-refractivity contribution in [1.82, 2.24) is 4.90 Å². The van der Waals surface area contributed by atoms with Crippen LogP contribution in [0, 0.1) is 0 Å². The maximum atomic E-state index is 10.0. The largest absolute Gasteiger partial charge is 0.488 e. The second-order valence-electron chi connectivity index (χ2n) is 6.31. The highest BCUT2D eigenvalue weighted by molar-refractivity contribution is 6.51. The summed E-state index contributed by atoms with van der Waals surface area (Å²) in [5, 5.41) is 15.1. The van der Waals surface area contributed by atoms with Crippen LogP contribution in [0.25, 0.3) is 5.03 Å². The van der Waals surface area contributed by atoms with Crippen LogP contribution in [0.15, 0.2) is 28.9 Å². The van der Waals surface area contributed by atoms with E-state index in [1.165, 1.54) is 25.5 Å². The van der Waals surface area contributed by atoms with Crippen molar-refractivity contribution in [3.8, 4) is 5.75 Å². The van der Waals surface area contributed by atoms with E-state index < -0.39 is 6.10 Å². The van der Waals surface area contributed by atoms with Crippen LogP contribution in [-0.4, -0.2) is 55.2 Å². The minimum atomic E-state index is -0.554. The summed E-state index contributed by atoms with van der Waals surface area (Å²) in [6.45, 7) is 3.18. The van der Waals surface area contributed by atoms with Crippen LogP contribution in [0.4, 0.5) is 0 Å². The topological polar surface area (TPSA) is 54.3 Å². The number of aliphatic hydroxyl groups is 1. The molecule has 5 nitrogen and oxygen atoms in total. The molecule has 0 aromatic heterocycles. The van der Waals surface area contributed by atoms with Crippen LogP contribution in [0.5, 0.6) is 5.75 Å². The first kappa shape index (κ1) is 18.5. The molecule has 1 aromatic rings. The van der Waals surface area contributed by atoms with Crippen LogP contribution in [-0.2, 0) is 4.84 Å². The van der Waals surface area contributed by atoms with E-state index in [0.29, 0.717) is 34.5 Å². The van der Waals surface area contributed by atoms with Crippen molar-refractivity contribution in [2.45, 2.75) is 25.4 Å². The number of ether oxygens (including phenoxy) is 1. The van der Waals surface area contributed by atoms with Crippen LogP contribution in [0.2, 0.25) is 5.02 Å². The standard InChI is InChI=1S/C18H22Cl2N2O3/c19-14-4-5-17-16(8-14)18(20)13(11-24-17)9-21-25-12-15(23)10-22-6-2-1-3-7-22/h4-5,8-9,15,23H,1-3,6-7,10-12H2/b21-9-/t15-/m0/s1. The molecule has 0 unspecified atom stereocenters. The zero-order chi connectivity index (χ0) is 17.6. The predicted molar refractivity (Wildman–Crippen MR) is 100 cm³/mol. The molecule has 0 spiro atoms. The summed E-state index contributed by atoms with van der Waals surface area (Å²) >= 11 is 12.4. The number of halogens is 2. The van der Waals surface area contributed by atoms with Gasteiger partial charge in [-0.2, -0.15) is 0 Å². The molecule has 0 aliphatic carbocycles. The molecule has 7 heteroatoms. The fourth-order valence-corrected chi connectivity index (χ4v) is 3.43. The second-order valence-corrected chi connectivity index (χ2v) is 7.13. The van der Waals surface area contributed by atoms with Gasteiger partial charge < -0.3 is 19.6 Å². The lowest BCUT2D eigenvalue weighted by atomic mass is 10.1. The molecule has 0 bridgehead atoms. The van der Waals surface area contributed by atoms with Gasteiger partial charge >= 0.3 is 0 Å². The Kier molecular flexibility index (Phi) is 6.59. The van der Waals surface area contributed by atoms with Gasteiger partial charge in [-0.15, -0.1) is 0 Å². The summed E-state index contributed by atoms with van der Waals surface area (Å²) in [5.41, 5.74) is 1.45. The molecule has 25 heavy (non-hydrogen) atoms. The van der Waals surface area contributed by atoms with Crippen molar-refractivity contribution in [2.75, 3.05) is 32.8 Å². The molecular weight excluding hydrogens is 363 g/mol. The predicted octanol–water partition coefficient (Wildman–Crippen LogP) is 3.53. The Bertz CT molecular complexity index is 658. The molecule has 0 amide bonds. The fraction of sp³-hybridized carbons (Fsp3) is 0.500. The van der Waals surface area contributed by atoms with Gasteiger partial charge in [0.25, 0.3) is 0 Å². The third kappa shape index (κ3) is 5.11. The van der Waals surface area contributed by atoms with Crippen molar-refractivity contribution in [2.24, 2.45) is 5.16 Å². The van der Waals surface area contributed by atoms with E-state index in [1.807, 2.05) is 0 Å². The van der Waals surface area contributed by atoms with E-state index in [-0.39, 0.29) is 6.61 Å². The first-order chi connectivity index (χ1) is 12.1. The Hall–Kier alpha value is -1.27. The normalized spacial score (nSPS) is 19.6. The Balaban J connectivity index is 1.51. The van der Waals surface area contributed by atoms with E-state index in [0.717, 1.165) is 18.7 Å². The third-order valence-electron chi connectivity index (χ3n) is 4.31. The monoisotopic (exact) mass is 384 g/mol. The van der Waals surface area contributed by atoms with Crippen LogP contribution < -0.4 is 4.74 Å². The summed E-state index contributed by atoms with van der Waals surface area (Å²) in [4.78, 5) is 7.48. The Morgan fingerprint density at radius 3 is 2.88 bits per heavy atom. The third-order valence-corrected chi connectivity index (χ3v) is 4.99. The molecule has 3 rings (SSSR count). The highest BCUT2D eigenvalue weighted by atomic mass is 35.5. The van der Waals surface area contributed by atoms with Gasteiger partial charge in [0.2, 0.25) is 0 Å². The maximum Gasteiger partial charge on any atom is 0.144 e. The lowest BCUT2D eigenvalue weighted by molar-refractivity contribution is 0.0163. The van der Waals surface area contributed by atoms with Gasteiger partial charge in [0.15, 0.2) is 0 Å². The van der Waals surface area contributed by atoms with Crippen LogP contribution in [0.3, 0.4) is 0 Å². The quantitative estimate of drug-likeness (QED) is 0.601. The number of nitrogens with zero attached hydrogens (tertiary/aromatic N) is 2. The smallest absolute Gasteiger partial charge is 0.144 e. The van der Waals surface area contributed by atoms with E-state index in [4.69, 9.17) is 32.8 Å². The second kappa shape index (κ2) is 8.90. The number of aliphatic hydroxyl groups excluding tert-OH is 1. The molecule has 1 N–H and O–H groups in total. The number of hydrogen-bond donors (Lipinski definition) is 1. The lowest BCUT2D eigenvalue weighted by Crippen LogP contribution is -2.37. The van der Waals surface area contributed by atoms with Crippen molar-refractivity contribution in [1.29, 1.82) is 0 Å². The zero-order valence-corrected chi connectivity index (χ0v) is 15.5. The van der Waals surface area contributed by atoms with Crippen LogP contribution >= 0.6 is 23.2 Å². The highest BCUT2D eigenvalue weighted by Crippen LogP contribution is 2.36. The SMILES string of the molecule is O[C@H](CO/N=C\C1=C(Cl)c2cc(Cl)ccc2OC1)CN1CCCCC1. The van der Waals surface area contributed by atoms with Gasteiger partial charge in [0.1, 0.15) is 25.1 Å². The summed E-state index contributed by atoms with van der Waals surface area (Å²) < 4.78 is 5.64. The van der Waals surface area contributed by atoms with Gasteiger partial charge in [0, 0.05) is 22.7 Å². The van der Waals surface area contributed by atoms with Crippen molar-refractivity contribution in [3.63, 3.8) is 0 Å². The first-order valence-corrected chi connectivity index (χ1v) is 9.26. The minimum absolute atomic E-state index is 0.154. The van der Waals surface area contributed by atoms with E-state index in [2.05, 4.69) is 10.1 Å². The summed E-state index contributed by atoms with van der Waals surface area (Å²) in [6.07, 6.45) is 4.65. The molecule has 0 saturated carbocycles. The van der Waals surface area contributed by atoms with Crippen molar-refractivity contribution in [3.05, 3.63) is 34.4 Å². The molecule has 136 valence electrons. The molecule has 2 aliphatic rings. The van der Waals surface area contributed by atoms with Crippen LogP contribution in [0.1, 0.15) is 24.8 Å². The number of rotatable bonds is 6. The number of piperidine rings is 1. The maximum absolute atomic E-state index is 10.0. The average molecular weight is 385 g/mol. The van der Waals surface area contributed by atoms with Gasteiger partial charge in [-0.25, -0.2) is 0 Å². The number of fused-ring (bicyclic) bond motifs is 1. The van der Waals surface area contributed by atoms with E-state index in [1.54, 1.807) is 18.2 Å². The van der Waals surface area contributed by atoms with Gasteiger partial charge in [0.05, 0.1) is 11.2 Å². The molecular formula is C18H22Cl2N2O3. The Labute approximate surface area is 157 Å². The molecule has 1 aromatic carbocycles. The highest BCUT2D eigenvalue weighted by Gasteiger charge is 2.18. The van der Waals surface area contributed by atoms with E-state index in [9.17, 15) is 5.11 Å². The number of hydrogen-bond acceptors (Lipinski definition) is 5. The van der Waals surface area contributed by atoms with Gasteiger partial charge in [-0.05, 0) is 44.1 Å². The lowest BCUT2D eigenvalue weighted by Gasteiger charge is -2.27. The summed E-state index contributed by atoms with van der Waals surface area (Å²) in [6, 6.07) is 5.31. The number of oxime groups is 1. The summed E-state index contributed by atoms with van der Waals surface area (Å²) in [5.74, 6) is 0.699. The molecule has 2 aliphatic heterocycles. The first-order valence-electron chi connectivity index (χ1n) is 8.50. The molecule has 1 fully saturated rings. The Morgan fingerprint density at radius 2 is 2.08 bits per heavy atom. The molecule has 1 atom stereocenters. The Morgan fingerprint density at radius 1 is 1.28 bits per heavy atom. The van der Waals surface area contributed by atoms with Gasteiger partial charge in [-0.3, -0.25) is 0 Å². The number of benzene rings is 1. The molecule has 2 heterocycles. The minimum Gasteiger partial charge on any atom is -0.488 e.